The Hall–Kier alpha value is -1.80. The Morgan fingerprint density at radius 1 is 1.41 bits per heavy atom. The lowest BCUT2D eigenvalue weighted by Gasteiger charge is -2.22. The zero-order chi connectivity index (χ0) is 16.0. The van der Waals surface area contributed by atoms with Crippen LogP contribution in [0.5, 0.6) is 5.75 Å². The molecule has 0 aliphatic carbocycles. The Labute approximate surface area is 125 Å². The van der Waals surface area contributed by atoms with Gasteiger partial charge in [0.2, 0.25) is 0 Å². The number of hydrogen-bond acceptors (Lipinski definition) is 4. The second-order valence-corrected chi connectivity index (χ2v) is 4.70. The minimum Gasteiger partial charge on any atom is -0.491 e. The minimum atomic E-state index is -4.47. The number of alkyl halides is 3. The molecular formula is C14H17F3N2O3. The van der Waals surface area contributed by atoms with E-state index in [0.29, 0.717) is 19.7 Å². The lowest BCUT2D eigenvalue weighted by atomic mass is 10.2. The van der Waals surface area contributed by atoms with E-state index in [1.807, 2.05) is 0 Å². The van der Waals surface area contributed by atoms with Crippen LogP contribution in [-0.4, -0.2) is 44.9 Å². The standard InChI is InChI=1S/C14H17F3N2O3/c15-14(16,17)10-3-1-2-4-11(10)21-8-6-19-13(20)12-9-18-5-7-22-12/h1-4,12,18H,5-9H2,(H,19,20). The zero-order valence-corrected chi connectivity index (χ0v) is 11.8. The average molecular weight is 318 g/mol. The van der Waals surface area contributed by atoms with Crippen LogP contribution < -0.4 is 15.4 Å². The number of carbonyl (C=O) groups is 1. The number of halogens is 3. The van der Waals surface area contributed by atoms with Gasteiger partial charge in [-0.1, -0.05) is 12.1 Å². The van der Waals surface area contributed by atoms with E-state index in [1.165, 1.54) is 18.2 Å². The number of hydrogen-bond donors (Lipinski definition) is 2. The molecular weight excluding hydrogens is 301 g/mol. The maximum absolute atomic E-state index is 12.8. The van der Waals surface area contributed by atoms with Crippen LogP contribution in [0.2, 0.25) is 0 Å². The average Bonchev–Trinajstić information content (AvgIpc) is 2.51. The molecule has 2 rings (SSSR count). The van der Waals surface area contributed by atoms with Gasteiger partial charge in [0.15, 0.2) is 0 Å². The lowest BCUT2D eigenvalue weighted by molar-refractivity contribution is -0.139. The van der Waals surface area contributed by atoms with Gasteiger partial charge in [0.25, 0.3) is 5.91 Å². The van der Waals surface area contributed by atoms with Crippen LogP contribution in [0.3, 0.4) is 0 Å². The van der Waals surface area contributed by atoms with Crippen molar-refractivity contribution in [3.8, 4) is 5.75 Å². The molecule has 1 fully saturated rings. The molecule has 1 amide bonds. The van der Waals surface area contributed by atoms with E-state index in [1.54, 1.807) is 0 Å². The summed E-state index contributed by atoms with van der Waals surface area (Å²) in [7, 11) is 0. The van der Waals surface area contributed by atoms with E-state index in [-0.39, 0.29) is 24.8 Å². The molecule has 0 aromatic heterocycles. The van der Waals surface area contributed by atoms with E-state index >= 15 is 0 Å². The van der Waals surface area contributed by atoms with Crippen molar-refractivity contribution < 1.29 is 27.4 Å². The summed E-state index contributed by atoms with van der Waals surface area (Å²) in [5, 5.41) is 5.58. The molecule has 2 N–H and O–H groups in total. The molecule has 1 atom stereocenters. The van der Waals surface area contributed by atoms with E-state index in [2.05, 4.69) is 10.6 Å². The summed E-state index contributed by atoms with van der Waals surface area (Å²) in [6.45, 7) is 1.61. The highest BCUT2D eigenvalue weighted by Crippen LogP contribution is 2.35. The summed E-state index contributed by atoms with van der Waals surface area (Å²) < 4.78 is 48.6. The predicted octanol–water partition coefficient (Wildman–Crippen LogP) is 1.19. The first kappa shape index (κ1) is 16.6. The molecule has 1 aliphatic rings. The molecule has 22 heavy (non-hydrogen) atoms. The summed E-state index contributed by atoms with van der Waals surface area (Å²) in [5.74, 6) is -0.556. The first-order valence-electron chi connectivity index (χ1n) is 6.87. The number of carbonyl (C=O) groups excluding carboxylic acids is 1. The Balaban J connectivity index is 1.78. The Kier molecular flexibility index (Phi) is 5.62. The third kappa shape index (κ3) is 4.60. The predicted molar refractivity (Wildman–Crippen MR) is 72.6 cm³/mol. The zero-order valence-electron chi connectivity index (χ0n) is 11.8. The molecule has 1 unspecified atom stereocenters. The summed E-state index contributed by atoms with van der Waals surface area (Å²) in [6, 6.07) is 4.96. The Morgan fingerprint density at radius 3 is 2.86 bits per heavy atom. The lowest BCUT2D eigenvalue weighted by Crippen LogP contribution is -2.48. The molecule has 1 aromatic carbocycles. The van der Waals surface area contributed by atoms with Gasteiger partial charge in [-0.15, -0.1) is 0 Å². The number of morpholine rings is 1. The molecule has 1 aliphatic heterocycles. The van der Waals surface area contributed by atoms with E-state index < -0.39 is 17.8 Å². The van der Waals surface area contributed by atoms with Gasteiger partial charge in [0.05, 0.1) is 18.7 Å². The number of rotatable bonds is 5. The fourth-order valence-electron chi connectivity index (χ4n) is 2.01. The molecule has 0 bridgehead atoms. The van der Waals surface area contributed by atoms with Gasteiger partial charge in [-0.3, -0.25) is 4.79 Å². The summed E-state index contributed by atoms with van der Waals surface area (Å²) in [4.78, 5) is 11.7. The molecule has 1 aromatic rings. The van der Waals surface area contributed by atoms with Crippen molar-refractivity contribution in [2.75, 3.05) is 32.8 Å². The van der Waals surface area contributed by atoms with Crippen LogP contribution in [0.15, 0.2) is 24.3 Å². The summed E-state index contributed by atoms with van der Waals surface area (Å²) >= 11 is 0. The van der Waals surface area contributed by atoms with Crippen molar-refractivity contribution in [1.29, 1.82) is 0 Å². The number of benzene rings is 1. The highest BCUT2D eigenvalue weighted by atomic mass is 19.4. The van der Waals surface area contributed by atoms with Gasteiger partial charge in [-0.25, -0.2) is 0 Å². The highest BCUT2D eigenvalue weighted by molar-refractivity contribution is 5.81. The monoisotopic (exact) mass is 318 g/mol. The van der Waals surface area contributed by atoms with Crippen molar-refractivity contribution in [2.24, 2.45) is 0 Å². The smallest absolute Gasteiger partial charge is 0.419 e. The second kappa shape index (κ2) is 7.46. The number of ether oxygens (including phenoxy) is 2. The van der Waals surface area contributed by atoms with Crippen molar-refractivity contribution in [3.63, 3.8) is 0 Å². The highest BCUT2D eigenvalue weighted by Gasteiger charge is 2.34. The van der Waals surface area contributed by atoms with Crippen LogP contribution in [0.4, 0.5) is 13.2 Å². The van der Waals surface area contributed by atoms with Crippen LogP contribution in [0.1, 0.15) is 5.56 Å². The van der Waals surface area contributed by atoms with Crippen molar-refractivity contribution in [3.05, 3.63) is 29.8 Å². The molecule has 0 saturated carbocycles. The summed E-state index contributed by atoms with van der Waals surface area (Å²) in [6.07, 6.45) is -5.04. The SMILES string of the molecule is O=C(NCCOc1ccccc1C(F)(F)F)C1CNCCO1. The number of para-hydroxylation sites is 1. The third-order valence-electron chi connectivity index (χ3n) is 3.07. The van der Waals surface area contributed by atoms with Gasteiger partial charge in [0, 0.05) is 13.1 Å². The van der Waals surface area contributed by atoms with Gasteiger partial charge < -0.3 is 20.1 Å². The first-order chi connectivity index (χ1) is 10.5. The molecule has 122 valence electrons. The number of nitrogens with one attached hydrogen (secondary N) is 2. The van der Waals surface area contributed by atoms with E-state index in [9.17, 15) is 18.0 Å². The molecule has 0 radical (unpaired) electrons. The van der Waals surface area contributed by atoms with Gasteiger partial charge in [-0.05, 0) is 12.1 Å². The van der Waals surface area contributed by atoms with Crippen molar-refractivity contribution in [2.45, 2.75) is 12.3 Å². The molecule has 5 nitrogen and oxygen atoms in total. The van der Waals surface area contributed by atoms with E-state index in [4.69, 9.17) is 9.47 Å². The molecule has 8 heteroatoms. The fourth-order valence-corrected chi connectivity index (χ4v) is 2.01. The topological polar surface area (TPSA) is 59.6 Å². The van der Waals surface area contributed by atoms with Gasteiger partial charge >= 0.3 is 6.18 Å². The Morgan fingerprint density at radius 2 is 2.18 bits per heavy atom. The quantitative estimate of drug-likeness (QED) is 0.801. The minimum absolute atomic E-state index is 0.0566. The van der Waals surface area contributed by atoms with Crippen LogP contribution >= 0.6 is 0 Å². The van der Waals surface area contributed by atoms with Gasteiger partial charge in [0.1, 0.15) is 18.5 Å². The first-order valence-corrected chi connectivity index (χ1v) is 6.87. The normalized spacial score (nSPS) is 18.8. The van der Waals surface area contributed by atoms with Crippen LogP contribution in [-0.2, 0) is 15.7 Å². The van der Waals surface area contributed by atoms with Crippen molar-refractivity contribution in [1.82, 2.24) is 10.6 Å². The van der Waals surface area contributed by atoms with Crippen molar-refractivity contribution >= 4 is 5.91 Å². The number of amides is 1. The van der Waals surface area contributed by atoms with Crippen LogP contribution in [0.25, 0.3) is 0 Å². The molecule has 0 spiro atoms. The van der Waals surface area contributed by atoms with Gasteiger partial charge in [-0.2, -0.15) is 13.2 Å². The summed E-state index contributed by atoms with van der Waals surface area (Å²) in [5.41, 5.74) is -0.832. The molecule has 1 saturated heterocycles. The maximum atomic E-state index is 12.8. The Bertz CT molecular complexity index is 502. The molecule has 1 heterocycles. The largest absolute Gasteiger partial charge is 0.491 e. The second-order valence-electron chi connectivity index (χ2n) is 4.70. The van der Waals surface area contributed by atoms with E-state index in [0.717, 1.165) is 6.07 Å². The third-order valence-corrected chi connectivity index (χ3v) is 3.07. The fraction of sp³-hybridized carbons (Fsp3) is 0.500. The maximum Gasteiger partial charge on any atom is 0.419 e. The van der Waals surface area contributed by atoms with Crippen LogP contribution in [0, 0.1) is 0 Å².